The van der Waals surface area contributed by atoms with E-state index in [9.17, 15) is 4.79 Å². The lowest BCUT2D eigenvalue weighted by Gasteiger charge is -2.20. The molecular weight excluding hydrogens is 356 g/mol. The maximum absolute atomic E-state index is 12.5. The molecule has 3 rings (SSSR count). The molecule has 1 aliphatic carbocycles. The minimum Gasteiger partial charge on any atom is -0.493 e. The van der Waals surface area contributed by atoms with Gasteiger partial charge >= 0.3 is 6.03 Å². The zero-order chi connectivity index (χ0) is 20.1. The highest BCUT2D eigenvalue weighted by molar-refractivity contribution is 5.90. The molecule has 0 aliphatic heterocycles. The molecule has 150 valence electrons. The minimum atomic E-state index is -0.292. The van der Waals surface area contributed by atoms with Gasteiger partial charge in [0.05, 0.1) is 33.1 Å². The Bertz CT molecular complexity index is 825. The van der Waals surface area contributed by atoms with Gasteiger partial charge in [0.25, 0.3) is 0 Å². The van der Waals surface area contributed by atoms with Gasteiger partial charge in [0, 0.05) is 12.1 Å². The van der Waals surface area contributed by atoms with Crippen LogP contribution < -0.4 is 24.8 Å². The van der Waals surface area contributed by atoms with Crippen molar-refractivity contribution in [3.8, 4) is 17.2 Å². The Hall–Kier alpha value is -2.89. The number of rotatable bonds is 6. The molecule has 0 heterocycles. The van der Waals surface area contributed by atoms with Crippen LogP contribution in [0.15, 0.2) is 30.3 Å². The van der Waals surface area contributed by atoms with Crippen LogP contribution >= 0.6 is 0 Å². The summed E-state index contributed by atoms with van der Waals surface area (Å²) in [6.07, 6.45) is 4.77. The molecule has 1 unspecified atom stereocenters. The van der Waals surface area contributed by atoms with Crippen LogP contribution in [-0.2, 0) is 12.8 Å². The second-order valence-corrected chi connectivity index (χ2v) is 6.97. The summed E-state index contributed by atoms with van der Waals surface area (Å²) in [5, 5.41) is 5.83. The highest BCUT2D eigenvalue weighted by Crippen LogP contribution is 2.39. The van der Waals surface area contributed by atoms with Crippen LogP contribution in [0, 0.1) is 0 Å². The quantitative estimate of drug-likeness (QED) is 0.771. The lowest BCUT2D eigenvalue weighted by Crippen LogP contribution is -2.31. The van der Waals surface area contributed by atoms with Gasteiger partial charge in [-0.05, 0) is 49.3 Å². The van der Waals surface area contributed by atoms with E-state index in [1.54, 1.807) is 33.5 Å². The summed E-state index contributed by atoms with van der Waals surface area (Å²) < 4.78 is 16.0. The van der Waals surface area contributed by atoms with Gasteiger partial charge in [0.1, 0.15) is 0 Å². The third-order valence-corrected chi connectivity index (χ3v) is 5.14. The number of nitrogens with one attached hydrogen (secondary N) is 2. The molecule has 2 aromatic carbocycles. The maximum Gasteiger partial charge on any atom is 0.319 e. The summed E-state index contributed by atoms with van der Waals surface area (Å²) in [5.74, 6) is 1.46. The molecular formula is C22H28N2O4. The Kier molecular flexibility index (Phi) is 6.29. The van der Waals surface area contributed by atoms with Crippen molar-refractivity contribution in [2.45, 2.75) is 38.6 Å². The average molecular weight is 384 g/mol. The van der Waals surface area contributed by atoms with E-state index in [4.69, 9.17) is 14.2 Å². The van der Waals surface area contributed by atoms with Crippen molar-refractivity contribution < 1.29 is 19.0 Å². The predicted molar refractivity (Wildman–Crippen MR) is 110 cm³/mol. The van der Waals surface area contributed by atoms with Gasteiger partial charge < -0.3 is 24.8 Å². The third kappa shape index (κ3) is 4.32. The number of aryl methyl sites for hydroxylation is 2. The predicted octanol–water partition coefficient (Wildman–Crippen LogP) is 4.47. The largest absolute Gasteiger partial charge is 0.493 e. The monoisotopic (exact) mass is 384 g/mol. The van der Waals surface area contributed by atoms with Crippen LogP contribution in [-0.4, -0.2) is 27.4 Å². The van der Waals surface area contributed by atoms with Crippen LogP contribution in [0.25, 0.3) is 0 Å². The van der Waals surface area contributed by atoms with Crippen LogP contribution in [0.4, 0.5) is 10.5 Å². The molecule has 0 bridgehead atoms. The van der Waals surface area contributed by atoms with E-state index in [2.05, 4.69) is 28.8 Å². The fraction of sp³-hybridized carbons (Fsp3) is 0.409. The number of hydrogen-bond acceptors (Lipinski definition) is 4. The van der Waals surface area contributed by atoms with Gasteiger partial charge in [-0.25, -0.2) is 4.79 Å². The SMILES string of the molecule is COc1cc(NC(=O)NC(C)c2ccc3c(c2)CCCC3)cc(OC)c1OC. The van der Waals surface area contributed by atoms with E-state index >= 15 is 0 Å². The highest BCUT2D eigenvalue weighted by atomic mass is 16.5. The minimum absolute atomic E-state index is 0.103. The number of fused-ring (bicyclic) bond motifs is 1. The van der Waals surface area contributed by atoms with Gasteiger partial charge in [-0.2, -0.15) is 0 Å². The number of carbonyl (C=O) groups is 1. The standard InChI is InChI=1S/C22H28N2O4/c1-14(16-10-9-15-7-5-6-8-17(15)11-16)23-22(25)24-18-12-19(26-2)21(28-4)20(13-18)27-3/h9-14H,5-8H2,1-4H3,(H2,23,24,25). The van der Waals surface area contributed by atoms with Crippen molar-refractivity contribution >= 4 is 11.7 Å². The fourth-order valence-corrected chi connectivity index (χ4v) is 3.62. The van der Waals surface area contributed by atoms with Crippen LogP contribution in [0.2, 0.25) is 0 Å². The van der Waals surface area contributed by atoms with Gasteiger partial charge in [0.15, 0.2) is 11.5 Å². The summed E-state index contributed by atoms with van der Waals surface area (Å²) in [5.41, 5.74) is 4.51. The van der Waals surface area contributed by atoms with Crippen molar-refractivity contribution in [2.24, 2.45) is 0 Å². The second-order valence-electron chi connectivity index (χ2n) is 6.97. The highest BCUT2D eigenvalue weighted by Gasteiger charge is 2.17. The van der Waals surface area contributed by atoms with Crippen molar-refractivity contribution in [1.82, 2.24) is 5.32 Å². The van der Waals surface area contributed by atoms with E-state index in [1.807, 2.05) is 6.92 Å². The van der Waals surface area contributed by atoms with Crippen LogP contribution in [0.5, 0.6) is 17.2 Å². The Morgan fingerprint density at radius 3 is 2.18 bits per heavy atom. The first-order chi connectivity index (χ1) is 13.5. The van der Waals surface area contributed by atoms with Crippen molar-refractivity contribution in [1.29, 1.82) is 0 Å². The topological polar surface area (TPSA) is 68.8 Å². The Morgan fingerprint density at radius 1 is 0.929 bits per heavy atom. The zero-order valence-electron chi connectivity index (χ0n) is 16.9. The number of amides is 2. The van der Waals surface area contributed by atoms with E-state index in [0.29, 0.717) is 22.9 Å². The van der Waals surface area contributed by atoms with Crippen molar-refractivity contribution in [3.63, 3.8) is 0 Å². The molecule has 0 saturated carbocycles. The van der Waals surface area contributed by atoms with Crippen molar-refractivity contribution in [2.75, 3.05) is 26.6 Å². The second kappa shape index (κ2) is 8.87. The number of hydrogen-bond donors (Lipinski definition) is 2. The van der Waals surface area contributed by atoms with E-state index in [-0.39, 0.29) is 12.1 Å². The smallest absolute Gasteiger partial charge is 0.319 e. The molecule has 6 heteroatoms. The lowest BCUT2D eigenvalue weighted by molar-refractivity contribution is 0.249. The number of carbonyl (C=O) groups excluding carboxylic acids is 1. The number of benzene rings is 2. The molecule has 2 aromatic rings. The Labute approximate surface area is 166 Å². The molecule has 2 N–H and O–H groups in total. The third-order valence-electron chi connectivity index (χ3n) is 5.14. The normalized spacial score (nSPS) is 13.9. The average Bonchev–Trinajstić information content (AvgIpc) is 2.72. The molecule has 0 saturated heterocycles. The molecule has 28 heavy (non-hydrogen) atoms. The summed E-state index contributed by atoms with van der Waals surface area (Å²) >= 11 is 0. The number of methoxy groups -OCH3 is 3. The first kappa shape index (κ1) is 19.9. The molecule has 0 fully saturated rings. The van der Waals surface area contributed by atoms with Crippen LogP contribution in [0.3, 0.4) is 0 Å². The fourth-order valence-electron chi connectivity index (χ4n) is 3.62. The van der Waals surface area contributed by atoms with Gasteiger partial charge in [-0.3, -0.25) is 0 Å². The van der Waals surface area contributed by atoms with E-state index in [0.717, 1.165) is 18.4 Å². The summed E-state index contributed by atoms with van der Waals surface area (Å²) in [4.78, 5) is 12.5. The summed E-state index contributed by atoms with van der Waals surface area (Å²) in [6.45, 7) is 1.99. The van der Waals surface area contributed by atoms with Gasteiger partial charge in [-0.1, -0.05) is 18.2 Å². The Morgan fingerprint density at radius 2 is 1.57 bits per heavy atom. The van der Waals surface area contributed by atoms with E-state index in [1.165, 1.54) is 24.0 Å². The van der Waals surface area contributed by atoms with Crippen LogP contribution in [0.1, 0.15) is 42.5 Å². The summed E-state index contributed by atoms with van der Waals surface area (Å²) in [7, 11) is 4.62. The Balaban J connectivity index is 1.70. The van der Waals surface area contributed by atoms with Crippen molar-refractivity contribution in [3.05, 3.63) is 47.0 Å². The van der Waals surface area contributed by atoms with Gasteiger partial charge in [0.2, 0.25) is 5.75 Å². The lowest BCUT2D eigenvalue weighted by atomic mass is 9.89. The molecule has 1 atom stereocenters. The number of anilines is 1. The summed E-state index contributed by atoms with van der Waals surface area (Å²) in [6, 6.07) is 9.52. The number of ether oxygens (including phenoxy) is 3. The van der Waals surface area contributed by atoms with Gasteiger partial charge in [-0.15, -0.1) is 0 Å². The molecule has 0 radical (unpaired) electrons. The molecule has 2 amide bonds. The first-order valence-corrected chi connectivity index (χ1v) is 9.55. The number of urea groups is 1. The molecule has 1 aliphatic rings. The molecule has 0 spiro atoms. The zero-order valence-corrected chi connectivity index (χ0v) is 16.9. The molecule has 6 nitrogen and oxygen atoms in total. The van der Waals surface area contributed by atoms with E-state index < -0.39 is 0 Å². The maximum atomic E-state index is 12.5. The molecule has 0 aromatic heterocycles. The first-order valence-electron chi connectivity index (χ1n) is 9.55.